The number of nitrogens with zero attached hydrogens (tertiary/aromatic N) is 2. The molecule has 0 saturated carbocycles. The largest absolute Gasteiger partial charge is 0.293 e. The summed E-state index contributed by atoms with van der Waals surface area (Å²) in [7, 11) is 0. The van der Waals surface area contributed by atoms with Gasteiger partial charge in [-0.2, -0.15) is 0 Å². The molecule has 1 heterocycles. The Morgan fingerprint density at radius 3 is 2.69 bits per heavy atom. The predicted molar refractivity (Wildman–Crippen MR) is 107 cm³/mol. The van der Waals surface area contributed by atoms with E-state index >= 15 is 0 Å². The highest BCUT2D eigenvalue weighted by atomic mass is 32.2. The quantitative estimate of drug-likeness (QED) is 0.369. The summed E-state index contributed by atoms with van der Waals surface area (Å²) in [6.07, 6.45) is 0.832. The molecule has 3 aromatic rings. The van der Waals surface area contributed by atoms with E-state index in [1.807, 2.05) is 57.2 Å². The van der Waals surface area contributed by atoms with Crippen molar-refractivity contribution in [1.82, 2.24) is 9.55 Å². The van der Waals surface area contributed by atoms with E-state index in [0.717, 1.165) is 23.1 Å². The van der Waals surface area contributed by atoms with Gasteiger partial charge in [0.15, 0.2) is 10.9 Å². The van der Waals surface area contributed by atoms with Crippen LogP contribution in [-0.4, -0.2) is 21.1 Å². The molecular formula is C21H22N2O2S. The molecule has 26 heavy (non-hydrogen) atoms. The van der Waals surface area contributed by atoms with E-state index in [1.54, 1.807) is 10.6 Å². The lowest BCUT2D eigenvalue weighted by Gasteiger charge is -2.12. The maximum absolute atomic E-state index is 12.8. The zero-order valence-electron chi connectivity index (χ0n) is 15.3. The van der Waals surface area contributed by atoms with Gasteiger partial charge in [-0.3, -0.25) is 14.2 Å². The van der Waals surface area contributed by atoms with Gasteiger partial charge in [-0.05, 0) is 44.0 Å². The third kappa shape index (κ3) is 3.73. The van der Waals surface area contributed by atoms with Crippen LogP contribution in [0.3, 0.4) is 0 Å². The fourth-order valence-electron chi connectivity index (χ4n) is 2.92. The predicted octanol–water partition coefficient (Wildman–Crippen LogP) is 4.40. The minimum Gasteiger partial charge on any atom is -0.293 e. The molecule has 0 aliphatic carbocycles. The van der Waals surface area contributed by atoms with Gasteiger partial charge in [0.2, 0.25) is 0 Å². The van der Waals surface area contributed by atoms with Crippen molar-refractivity contribution in [2.45, 2.75) is 38.9 Å². The number of fused-ring (bicyclic) bond motifs is 1. The van der Waals surface area contributed by atoms with Gasteiger partial charge in [0.05, 0.1) is 16.7 Å². The number of ketones is 1. The van der Waals surface area contributed by atoms with Crippen LogP contribution in [-0.2, 0) is 6.54 Å². The molecule has 0 fully saturated rings. The molecule has 0 radical (unpaired) electrons. The van der Waals surface area contributed by atoms with Crippen molar-refractivity contribution in [3.8, 4) is 0 Å². The topological polar surface area (TPSA) is 52.0 Å². The molecule has 0 saturated heterocycles. The molecule has 3 rings (SSSR count). The molecular weight excluding hydrogens is 344 g/mol. The maximum Gasteiger partial charge on any atom is 0.262 e. The second kappa shape index (κ2) is 7.87. The highest BCUT2D eigenvalue weighted by molar-refractivity contribution is 7.99. The number of hydrogen-bond acceptors (Lipinski definition) is 4. The molecule has 134 valence electrons. The highest BCUT2D eigenvalue weighted by Gasteiger charge is 2.15. The average Bonchev–Trinajstić information content (AvgIpc) is 2.64. The minimum absolute atomic E-state index is 0.0425. The second-order valence-corrected chi connectivity index (χ2v) is 7.34. The zero-order chi connectivity index (χ0) is 18.7. The Kier molecular flexibility index (Phi) is 5.57. The molecule has 0 amide bonds. The van der Waals surface area contributed by atoms with Gasteiger partial charge in [-0.15, -0.1) is 0 Å². The molecule has 0 atom stereocenters. The van der Waals surface area contributed by atoms with Crippen LogP contribution in [0.4, 0.5) is 0 Å². The van der Waals surface area contributed by atoms with Crippen LogP contribution in [0.25, 0.3) is 10.9 Å². The van der Waals surface area contributed by atoms with E-state index in [9.17, 15) is 9.59 Å². The Bertz CT molecular complexity index is 1020. The standard InChI is InChI=1S/C21H22N2O2S/c1-4-11-23-20(25)16-7-5-6-8-18(16)22-21(23)26-13-19(24)17-12-14(2)9-10-15(17)3/h5-10,12H,4,11,13H2,1-3H3. The lowest BCUT2D eigenvalue weighted by Crippen LogP contribution is -2.23. The number of Topliss-reactive ketones (excluding diaryl/α,β-unsaturated/α-hetero) is 1. The first kappa shape index (κ1) is 18.4. The monoisotopic (exact) mass is 366 g/mol. The highest BCUT2D eigenvalue weighted by Crippen LogP contribution is 2.21. The first-order valence-electron chi connectivity index (χ1n) is 8.74. The number of thioether (sulfide) groups is 1. The fraction of sp³-hybridized carbons (Fsp3) is 0.286. The van der Waals surface area contributed by atoms with E-state index < -0.39 is 0 Å². The van der Waals surface area contributed by atoms with Crippen molar-refractivity contribution >= 4 is 28.4 Å². The Morgan fingerprint density at radius 1 is 1.15 bits per heavy atom. The van der Waals surface area contributed by atoms with Crippen molar-refractivity contribution in [2.24, 2.45) is 0 Å². The maximum atomic E-state index is 12.8. The number of benzene rings is 2. The summed E-state index contributed by atoms with van der Waals surface area (Å²) in [5.41, 5.74) is 3.41. The zero-order valence-corrected chi connectivity index (χ0v) is 16.1. The van der Waals surface area contributed by atoms with E-state index in [4.69, 9.17) is 0 Å². The summed E-state index contributed by atoms with van der Waals surface area (Å²) in [5.74, 6) is 0.320. The molecule has 4 nitrogen and oxygen atoms in total. The molecule has 0 aliphatic heterocycles. The Labute approximate surface area is 157 Å². The first-order valence-corrected chi connectivity index (χ1v) is 9.72. The first-order chi connectivity index (χ1) is 12.5. The third-order valence-electron chi connectivity index (χ3n) is 4.30. The molecule has 1 aromatic heterocycles. The second-order valence-electron chi connectivity index (χ2n) is 6.40. The van der Waals surface area contributed by atoms with Crippen LogP contribution in [0.15, 0.2) is 52.4 Å². The molecule has 5 heteroatoms. The van der Waals surface area contributed by atoms with Gasteiger partial charge in [0, 0.05) is 12.1 Å². The lowest BCUT2D eigenvalue weighted by molar-refractivity contribution is 0.102. The molecule has 0 spiro atoms. The van der Waals surface area contributed by atoms with E-state index in [1.165, 1.54) is 11.8 Å². The van der Waals surface area contributed by atoms with Gasteiger partial charge in [0.1, 0.15) is 0 Å². The number of para-hydroxylation sites is 1. The van der Waals surface area contributed by atoms with Crippen molar-refractivity contribution in [1.29, 1.82) is 0 Å². The number of aryl methyl sites for hydroxylation is 2. The van der Waals surface area contributed by atoms with Crippen molar-refractivity contribution in [2.75, 3.05) is 5.75 Å². The van der Waals surface area contributed by atoms with E-state index in [0.29, 0.717) is 22.6 Å². The smallest absolute Gasteiger partial charge is 0.262 e. The minimum atomic E-state index is -0.0425. The van der Waals surface area contributed by atoms with Crippen molar-refractivity contribution in [3.63, 3.8) is 0 Å². The summed E-state index contributed by atoms with van der Waals surface area (Å²) >= 11 is 1.34. The molecule has 0 bridgehead atoms. The number of carbonyl (C=O) groups excluding carboxylic acids is 1. The summed E-state index contributed by atoms with van der Waals surface area (Å²) in [4.78, 5) is 30.1. The summed E-state index contributed by atoms with van der Waals surface area (Å²) in [6, 6.07) is 13.2. The van der Waals surface area contributed by atoms with E-state index in [2.05, 4.69) is 4.98 Å². The van der Waals surface area contributed by atoms with Gasteiger partial charge in [0.25, 0.3) is 5.56 Å². The number of rotatable bonds is 6. The van der Waals surface area contributed by atoms with Crippen LogP contribution in [0.5, 0.6) is 0 Å². The van der Waals surface area contributed by atoms with Gasteiger partial charge in [-0.25, -0.2) is 4.98 Å². The number of aromatic nitrogens is 2. The molecule has 0 aliphatic rings. The Morgan fingerprint density at radius 2 is 1.92 bits per heavy atom. The van der Waals surface area contributed by atoms with Crippen LogP contribution in [0.1, 0.15) is 34.8 Å². The molecule has 2 aromatic carbocycles. The van der Waals surface area contributed by atoms with Crippen LogP contribution < -0.4 is 5.56 Å². The Hall–Kier alpha value is -2.40. The Balaban J connectivity index is 1.93. The number of hydrogen-bond donors (Lipinski definition) is 0. The van der Waals surface area contributed by atoms with Gasteiger partial charge in [-0.1, -0.05) is 48.5 Å². The van der Waals surface area contributed by atoms with Crippen molar-refractivity contribution < 1.29 is 4.79 Å². The van der Waals surface area contributed by atoms with Gasteiger partial charge < -0.3 is 0 Å². The fourth-order valence-corrected chi connectivity index (χ4v) is 3.83. The summed E-state index contributed by atoms with van der Waals surface area (Å²) < 4.78 is 1.68. The van der Waals surface area contributed by atoms with Crippen LogP contribution in [0.2, 0.25) is 0 Å². The lowest BCUT2D eigenvalue weighted by atomic mass is 10.0. The molecule has 0 unspecified atom stereocenters. The molecule has 0 N–H and O–H groups in total. The van der Waals surface area contributed by atoms with Crippen LogP contribution in [0, 0.1) is 13.8 Å². The van der Waals surface area contributed by atoms with E-state index in [-0.39, 0.29) is 17.1 Å². The average molecular weight is 366 g/mol. The summed E-state index contributed by atoms with van der Waals surface area (Å²) in [6.45, 7) is 6.54. The van der Waals surface area contributed by atoms with Gasteiger partial charge >= 0.3 is 0 Å². The normalized spacial score (nSPS) is 11.0. The van der Waals surface area contributed by atoms with Crippen LogP contribution >= 0.6 is 11.8 Å². The number of carbonyl (C=O) groups is 1. The SMILES string of the molecule is CCCn1c(SCC(=O)c2cc(C)ccc2C)nc2ccccc2c1=O. The van der Waals surface area contributed by atoms with Crippen molar-refractivity contribution in [3.05, 3.63) is 69.5 Å². The summed E-state index contributed by atoms with van der Waals surface area (Å²) in [5, 5.41) is 1.22. The third-order valence-corrected chi connectivity index (χ3v) is 5.28.